The molecule has 4 amide bonds. The molecule has 1 aromatic heterocycles. The van der Waals surface area contributed by atoms with Gasteiger partial charge in [0.1, 0.15) is 4.99 Å². The lowest BCUT2D eigenvalue weighted by Crippen LogP contribution is -2.31. The van der Waals surface area contributed by atoms with Gasteiger partial charge >= 0.3 is 17.8 Å². The molecule has 1 aromatic rings. The lowest BCUT2D eigenvalue weighted by molar-refractivity contribution is -0.143. The molecular weight excluding hydrogens is 268 g/mol. The maximum Gasteiger partial charge on any atom is 0.334 e. The van der Waals surface area contributed by atoms with Gasteiger partial charge in [0.25, 0.3) is 0 Å². The van der Waals surface area contributed by atoms with Gasteiger partial charge < -0.3 is 5.73 Å². The molecule has 0 aromatic carbocycles. The van der Waals surface area contributed by atoms with Gasteiger partial charge in [-0.25, -0.2) is 4.79 Å². The van der Waals surface area contributed by atoms with Gasteiger partial charge in [-0.1, -0.05) is 12.2 Å². The van der Waals surface area contributed by atoms with Gasteiger partial charge in [0.2, 0.25) is 0 Å². The van der Waals surface area contributed by atoms with Crippen molar-refractivity contribution in [3.63, 3.8) is 0 Å². The standard InChI is InChI=1S/C11H10N4O3S/c1-14-9(16)10(17)15(11(14)18)5-6-2-3-13-7(4-6)8(12)19/h2-4H,5H2,1H3,(H2,12,19). The van der Waals surface area contributed by atoms with Gasteiger partial charge in [-0.05, 0) is 17.7 Å². The highest BCUT2D eigenvalue weighted by Crippen LogP contribution is 2.14. The van der Waals surface area contributed by atoms with E-state index < -0.39 is 17.8 Å². The van der Waals surface area contributed by atoms with Crippen molar-refractivity contribution < 1.29 is 14.4 Å². The van der Waals surface area contributed by atoms with Crippen molar-refractivity contribution in [1.82, 2.24) is 14.8 Å². The largest absolute Gasteiger partial charge is 0.388 e. The van der Waals surface area contributed by atoms with Crippen LogP contribution >= 0.6 is 12.2 Å². The quantitative estimate of drug-likeness (QED) is 0.460. The summed E-state index contributed by atoms with van der Waals surface area (Å²) in [4.78, 5) is 40.3. The number of amides is 4. The smallest absolute Gasteiger partial charge is 0.334 e. The second-order valence-electron chi connectivity index (χ2n) is 3.95. The minimum atomic E-state index is -0.846. The number of hydrogen-bond donors (Lipinski definition) is 1. The molecule has 2 rings (SSSR count). The van der Waals surface area contributed by atoms with Crippen LogP contribution in [0.1, 0.15) is 11.3 Å². The number of imide groups is 2. The predicted molar refractivity (Wildman–Crippen MR) is 68.8 cm³/mol. The van der Waals surface area contributed by atoms with Crippen LogP contribution in [0.3, 0.4) is 0 Å². The molecule has 2 heterocycles. The number of carbonyl (C=O) groups is 3. The van der Waals surface area contributed by atoms with Crippen LogP contribution in [0, 0.1) is 0 Å². The van der Waals surface area contributed by atoms with Gasteiger partial charge in [0.05, 0.1) is 12.2 Å². The van der Waals surface area contributed by atoms with Crippen molar-refractivity contribution in [2.24, 2.45) is 5.73 Å². The van der Waals surface area contributed by atoms with Crippen molar-refractivity contribution in [2.45, 2.75) is 6.54 Å². The summed E-state index contributed by atoms with van der Waals surface area (Å²) in [5.74, 6) is -1.69. The van der Waals surface area contributed by atoms with Crippen LogP contribution in [0.25, 0.3) is 0 Å². The highest BCUT2D eigenvalue weighted by molar-refractivity contribution is 7.80. The molecule has 2 N–H and O–H groups in total. The molecule has 0 radical (unpaired) electrons. The number of thiocarbonyl (C=S) groups is 1. The fourth-order valence-electron chi connectivity index (χ4n) is 1.64. The molecule has 0 saturated carbocycles. The number of hydrogen-bond acceptors (Lipinski definition) is 5. The Labute approximate surface area is 114 Å². The minimum Gasteiger partial charge on any atom is -0.388 e. The van der Waals surface area contributed by atoms with Crippen molar-refractivity contribution in [3.05, 3.63) is 29.6 Å². The second-order valence-corrected chi connectivity index (χ2v) is 4.39. The zero-order valence-corrected chi connectivity index (χ0v) is 10.8. The monoisotopic (exact) mass is 278 g/mol. The summed E-state index contributed by atoms with van der Waals surface area (Å²) in [6.07, 6.45) is 1.47. The Morgan fingerprint density at radius 3 is 2.58 bits per heavy atom. The number of pyridine rings is 1. The van der Waals surface area contributed by atoms with Crippen molar-refractivity contribution >= 4 is 35.1 Å². The van der Waals surface area contributed by atoms with Crippen LogP contribution in [0.4, 0.5) is 4.79 Å². The van der Waals surface area contributed by atoms with E-state index in [0.29, 0.717) is 11.3 Å². The van der Waals surface area contributed by atoms with E-state index in [1.807, 2.05) is 0 Å². The first-order valence-corrected chi connectivity index (χ1v) is 5.71. The summed E-state index contributed by atoms with van der Waals surface area (Å²) in [5.41, 5.74) is 6.46. The molecule has 7 nitrogen and oxygen atoms in total. The minimum absolute atomic E-state index is 0.0219. The molecule has 0 bridgehead atoms. The summed E-state index contributed by atoms with van der Waals surface area (Å²) < 4.78 is 0. The van der Waals surface area contributed by atoms with Gasteiger partial charge in [-0.3, -0.25) is 24.4 Å². The SMILES string of the molecule is CN1C(=O)C(=O)N(Cc2ccnc(C(N)=S)c2)C1=O. The molecule has 1 aliphatic rings. The third-order valence-corrected chi connectivity index (χ3v) is 2.88. The van der Waals surface area contributed by atoms with E-state index >= 15 is 0 Å². The number of rotatable bonds is 3. The van der Waals surface area contributed by atoms with E-state index in [4.69, 9.17) is 18.0 Å². The van der Waals surface area contributed by atoms with Gasteiger partial charge in [0.15, 0.2) is 0 Å². The van der Waals surface area contributed by atoms with Crippen LogP contribution in [-0.4, -0.2) is 44.7 Å². The Morgan fingerprint density at radius 2 is 2.05 bits per heavy atom. The summed E-state index contributed by atoms with van der Waals surface area (Å²) in [5, 5.41) is 0. The molecule has 1 saturated heterocycles. The molecule has 1 aliphatic heterocycles. The number of urea groups is 1. The van der Waals surface area contributed by atoms with E-state index in [1.54, 1.807) is 12.1 Å². The molecule has 19 heavy (non-hydrogen) atoms. The van der Waals surface area contributed by atoms with Gasteiger partial charge in [0, 0.05) is 13.2 Å². The number of nitrogens with two attached hydrogens (primary N) is 1. The van der Waals surface area contributed by atoms with E-state index in [-0.39, 0.29) is 11.5 Å². The topological polar surface area (TPSA) is 96.6 Å². The first kappa shape index (κ1) is 13.1. The predicted octanol–water partition coefficient (Wildman–Crippen LogP) is -0.364. The Morgan fingerprint density at radius 1 is 1.37 bits per heavy atom. The Kier molecular flexibility index (Phi) is 3.26. The zero-order chi connectivity index (χ0) is 14.2. The molecule has 0 unspecified atom stereocenters. The number of carbonyl (C=O) groups excluding carboxylic acids is 3. The Balaban J connectivity index is 2.24. The molecule has 0 spiro atoms. The molecule has 0 atom stereocenters. The normalized spacial score (nSPS) is 15.3. The molecular formula is C11H10N4O3S. The third kappa shape index (κ3) is 2.29. The second kappa shape index (κ2) is 4.73. The zero-order valence-electron chi connectivity index (χ0n) is 9.99. The van der Waals surface area contributed by atoms with Gasteiger partial charge in [-0.15, -0.1) is 0 Å². The van der Waals surface area contributed by atoms with E-state index in [0.717, 1.165) is 9.80 Å². The molecule has 0 aliphatic carbocycles. The maximum atomic E-state index is 11.7. The van der Waals surface area contributed by atoms with E-state index in [9.17, 15) is 14.4 Å². The summed E-state index contributed by atoms with van der Waals surface area (Å²) >= 11 is 4.79. The number of aromatic nitrogens is 1. The van der Waals surface area contributed by atoms with Crippen LogP contribution in [0.2, 0.25) is 0 Å². The molecule has 98 valence electrons. The number of nitrogens with zero attached hydrogens (tertiary/aromatic N) is 3. The Hall–Kier alpha value is -2.35. The molecule has 1 fully saturated rings. The number of likely N-dealkylation sites (N-methyl/N-ethyl adjacent to an activating group) is 1. The first-order chi connectivity index (χ1) is 8.91. The highest BCUT2D eigenvalue weighted by atomic mass is 32.1. The van der Waals surface area contributed by atoms with Crippen molar-refractivity contribution in [1.29, 1.82) is 0 Å². The third-order valence-electron chi connectivity index (χ3n) is 2.67. The first-order valence-electron chi connectivity index (χ1n) is 5.30. The lowest BCUT2D eigenvalue weighted by Gasteiger charge is -2.13. The fraction of sp³-hybridized carbons (Fsp3) is 0.182. The summed E-state index contributed by atoms with van der Waals surface area (Å²) in [7, 11) is 1.26. The van der Waals surface area contributed by atoms with Crippen LogP contribution in [0.5, 0.6) is 0 Å². The Bertz CT molecular complexity index is 601. The van der Waals surface area contributed by atoms with Crippen molar-refractivity contribution in [2.75, 3.05) is 7.05 Å². The van der Waals surface area contributed by atoms with Crippen LogP contribution in [-0.2, 0) is 16.1 Å². The fourth-order valence-corrected chi connectivity index (χ4v) is 1.75. The average molecular weight is 278 g/mol. The summed E-state index contributed by atoms with van der Waals surface area (Å²) in [6, 6.07) is 2.54. The highest BCUT2D eigenvalue weighted by Gasteiger charge is 2.41. The van der Waals surface area contributed by atoms with Crippen LogP contribution in [0.15, 0.2) is 18.3 Å². The van der Waals surface area contributed by atoms with E-state index in [2.05, 4.69) is 4.98 Å². The van der Waals surface area contributed by atoms with Gasteiger partial charge in [-0.2, -0.15) is 0 Å². The maximum absolute atomic E-state index is 11.7. The lowest BCUT2D eigenvalue weighted by atomic mass is 10.2. The van der Waals surface area contributed by atoms with Crippen LogP contribution < -0.4 is 5.73 Å². The average Bonchev–Trinajstić information content (AvgIpc) is 2.57. The van der Waals surface area contributed by atoms with Crippen molar-refractivity contribution in [3.8, 4) is 0 Å². The van der Waals surface area contributed by atoms with E-state index in [1.165, 1.54) is 13.2 Å². The molecule has 8 heteroatoms. The summed E-state index contributed by atoms with van der Waals surface area (Å²) in [6.45, 7) is -0.0219.